The van der Waals surface area contributed by atoms with E-state index in [1.54, 1.807) is 0 Å². The van der Waals surface area contributed by atoms with Crippen LogP contribution in [0.4, 0.5) is 0 Å². The van der Waals surface area contributed by atoms with Gasteiger partial charge in [-0.3, -0.25) is 9.79 Å². The first-order valence-electron chi connectivity index (χ1n) is 11.2. The second-order valence-corrected chi connectivity index (χ2v) is 7.06. The molecule has 1 heterocycles. The predicted octanol–water partition coefficient (Wildman–Crippen LogP) is 4.71. The molecule has 2 aliphatic rings. The molecule has 33 heavy (non-hydrogen) atoms. The van der Waals surface area contributed by atoms with E-state index in [0.717, 1.165) is 49.1 Å². The third-order valence-electron chi connectivity index (χ3n) is 4.81. The maximum atomic E-state index is 12.3. The van der Waals surface area contributed by atoms with E-state index in [0.29, 0.717) is 11.8 Å². The van der Waals surface area contributed by atoms with E-state index in [1.807, 2.05) is 59.1 Å². The van der Waals surface area contributed by atoms with Gasteiger partial charge in [0, 0.05) is 63.0 Å². The minimum atomic E-state index is 0. The summed E-state index contributed by atoms with van der Waals surface area (Å²) in [5.41, 5.74) is 3.02. The van der Waals surface area contributed by atoms with E-state index in [-0.39, 0.29) is 111 Å². The molecule has 1 aliphatic carbocycles. The van der Waals surface area contributed by atoms with Gasteiger partial charge in [-0.25, -0.2) is 0 Å². The predicted molar refractivity (Wildman–Crippen MR) is 142 cm³/mol. The zero-order valence-corrected chi connectivity index (χ0v) is 29.0. The van der Waals surface area contributed by atoms with Crippen LogP contribution in [-0.4, -0.2) is 18.7 Å². The van der Waals surface area contributed by atoms with Crippen LogP contribution >= 0.6 is 0 Å². The zero-order chi connectivity index (χ0) is 22.2. The number of aliphatic imine (C=N–C) groups is 1. The van der Waals surface area contributed by atoms with E-state index in [4.69, 9.17) is 0 Å². The third-order valence-corrected chi connectivity index (χ3v) is 4.81. The van der Waals surface area contributed by atoms with Crippen molar-refractivity contribution in [2.24, 2.45) is 22.7 Å². The second kappa shape index (κ2) is 27.2. The number of allylic oxidation sites excluding steroid dienone is 7. The van der Waals surface area contributed by atoms with Gasteiger partial charge >= 0.3 is 51.4 Å². The second-order valence-electron chi connectivity index (χ2n) is 7.06. The van der Waals surface area contributed by atoms with Gasteiger partial charge < -0.3 is 20.2 Å². The fraction of sp³-hybridized carbons (Fsp3) is 0.500. The molecule has 0 aromatic rings. The van der Waals surface area contributed by atoms with Crippen molar-refractivity contribution in [3.05, 3.63) is 75.2 Å². The summed E-state index contributed by atoms with van der Waals surface area (Å²) in [5.74, 6) is 1.18. The summed E-state index contributed by atoms with van der Waals surface area (Å²) >= 11 is 0. The maximum absolute atomic E-state index is 12.3. The molecule has 0 aromatic carbocycles. The van der Waals surface area contributed by atoms with Gasteiger partial charge in [-0.15, -0.1) is 6.58 Å². The number of amides is 1. The fourth-order valence-corrected chi connectivity index (χ4v) is 2.91. The number of hydrogen-bond acceptors (Lipinski definition) is 2. The SMILES string of the molecule is C=CCC/C=C\CC1CC1C(=O)N/C(C)=C/C=C1/C=NCC(C)C1=C.CC.CC.[CH3-].[CH3-].[K+].[Y]. The van der Waals surface area contributed by atoms with Crippen LogP contribution in [-0.2, 0) is 37.5 Å². The largest absolute Gasteiger partial charge is 1.00 e. The molecule has 181 valence electrons. The van der Waals surface area contributed by atoms with Gasteiger partial charge in [0.2, 0.25) is 5.91 Å². The Morgan fingerprint density at radius 3 is 2.36 bits per heavy atom. The normalized spacial score (nSPS) is 21.4. The van der Waals surface area contributed by atoms with Crippen LogP contribution in [0.15, 0.2) is 65.4 Å². The number of rotatable bonds is 8. The summed E-state index contributed by atoms with van der Waals surface area (Å²) in [6.07, 6.45) is 16.1. The van der Waals surface area contributed by atoms with Gasteiger partial charge in [0.1, 0.15) is 0 Å². The fourth-order valence-electron chi connectivity index (χ4n) is 2.91. The van der Waals surface area contributed by atoms with Crippen molar-refractivity contribution >= 4 is 12.1 Å². The Hall–Kier alpha value is 0.580. The van der Waals surface area contributed by atoms with Crippen molar-refractivity contribution in [3.63, 3.8) is 0 Å². The Morgan fingerprint density at radius 1 is 1.18 bits per heavy atom. The molecule has 1 N–H and O–H groups in total. The third kappa shape index (κ3) is 18.5. The van der Waals surface area contributed by atoms with Gasteiger partial charge in [0.05, 0.1) is 0 Å². The molecule has 0 aromatic heterocycles. The molecule has 5 heteroatoms. The molecule has 0 spiro atoms. The monoisotopic (exact) mass is 556 g/mol. The Bertz CT molecular complexity index is 650. The van der Waals surface area contributed by atoms with Gasteiger partial charge in [-0.1, -0.05) is 65.5 Å². The van der Waals surface area contributed by atoms with Crippen molar-refractivity contribution < 1.29 is 88.9 Å². The molecule has 3 unspecified atom stereocenters. The smallest absolute Gasteiger partial charge is 0.358 e. The molecule has 2 rings (SSSR count). The average Bonchev–Trinajstić information content (AvgIpc) is 3.52. The Balaban J connectivity index is -0.000000309. The van der Waals surface area contributed by atoms with Gasteiger partial charge in [-0.05, 0) is 55.7 Å². The Kier molecular flexibility index (Phi) is 35.9. The molecular formula is C28H48KN2OY-. The Morgan fingerprint density at radius 2 is 1.79 bits per heavy atom. The number of carbonyl (C=O) groups is 1. The van der Waals surface area contributed by atoms with E-state index in [1.165, 1.54) is 0 Å². The first-order chi connectivity index (χ1) is 14.0. The van der Waals surface area contributed by atoms with Crippen LogP contribution in [0.1, 0.15) is 67.2 Å². The van der Waals surface area contributed by atoms with E-state index in [9.17, 15) is 4.79 Å². The number of hydrogen-bond donors (Lipinski definition) is 1. The topological polar surface area (TPSA) is 41.5 Å². The summed E-state index contributed by atoms with van der Waals surface area (Å²) in [4.78, 5) is 16.6. The quantitative estimate of drug-likeness (QED) is 0.200. The van der Waals surface area contributed by atoms with Crippen molar-refractivity contribution in [2.45, 2.75) is 67.2 Å². The maximum Gasteiger partial charge on any atom is 1.00 e. The molecule has 1 amide bonds. The molecule has 0 bridgehead atoms. The van der Waals surface area contributed by atoms with Crippen molar-refractivity contribution in [1.82, 2.24) is 5.32 Å². The minimum Gasteiger partial charge on any atom is -0.358 e. The molecule has 1 radical (unpaired) electrons. The summed E-state index contributed by atoms with van der Waals surface area (Å²) in [6.45, 7) is 20.7. The number of unbranched alkanes of at least 4 members (excludes halogenated alkanes) is 1. The molecular weight excluding hydrogens is 508 g/mol. The van der Waals surface area contributed by atoms with Crippen molar-refractivity contribution in [3.8, 4) is 0 Å². The summed E-state index contributed by atoms with van der Waals surface area (Å²) in [6, 6.07) is 0. The number of nitrogens with zero attached hydrogens (tertiary/aromatic N) is 1. The van der Waals surface area contributed by atoms with E-state index >= 15 is 0 Å². The average molecular weight is 557 g/mol. The van der Waals surface area contributed by atoms with Crippen LogP contribution in [0.2, 0.25) is 0 Å². The van der Waals surface area contributed by atoms with Gasteiger partial charge in [0.15, 0.2) is 0 Å². The molecule has 1 saturated carbocycles. The molecule has 1 fully saturated rings. The molecule has 0 saturated heterocycles. The Labute approximate surface area is 274 Å². The van der Waals surface area contributed by atoms with E-state index < -0.39 is 0 Å². The van der Waals surface area contributed by atoms with Crippen LogP contribution < -0.4 is 56.7 Å². The summed E-state index contributed by atoms with van der Waals surface area (Å²) in [7, 11) is 0. The van der Waals surface area contributed by atoms with E-state index in [2.05, 4.69) is 42.5 Å². The van der Waals surface area contributed by atoms with Crippen molar-refractivity contribution in [2.75, 3.05) is 6.54 Å². The first kappa shape index (κ1) is 43.6. The molecule has 3 atom stereocenters. The molecule has 3 nitrogen and oxygen atoms in total. The summed E-state index contributed by atoms with van der Waals surface area (Å²) < 4.78 is 0. The molecule has 1 aliphatic heterocycles. The zero-order valence-electron chi connectivity index (χ0n) is 23.1. The van der Waals surface area contributed by atoms with Crippen molar-refractivity contribution in [1.29, 1.82) is 0 Å². The number of nitrogens with one attached hydrogen (secondary N) is 1. The number of carbonyl (C=O) groups excluding carboxylic acids is 1. The summed E-state index contributed by atoms with van der Waals surface area (Å²) in [5, 5.41) is 3.01. The minimum absolute atomic E-state index is 0. The van der Waals surface area contributed by atoms with Crippen LogP contribution in [0.5, 0.6) is 0 Å². The first-order valence-corrected chi connectivity index (χ1v) is 11.2. The van der Waals surface area contributed by atoms with Crippen LogP contribution in [0.25, 0.3) is 0 Å². The van der Waals surface area contributed by atoms with Crippen LogP contribution in [0.3, 0.4) is 0 Å². The van der Waals surface area contributed by atoms with Crippen LogP contribution in [0, 0.1) is 32.6 Å². The standard InChI is InChI=1S/C22H30N2O.2C2H6.2CH3.K.Y/c1-5-6-7-8-9-10-19-13-21(19)22(25)24-17(3)11-12-20-15-23-14-16(2)18(20)4;2*1-2;;;;/h5,8-9,11-12,15-16,19,21H,1,4,6-7,10,13-14H2,2-3H3,(H,24,25);2*1-2H3;2*1H3;;/q;;;2*-1;+1;/b9-8-,17-11+,20-12-;;;;;;. The van der Waals surface area contributed by atoms with Gasteiger partial charge in [-0.2, -0.15) is 0 Å². The van der Waals surface area contributed by atoms with Gasteiger partial charge in [0.25, 0.3) is 0 Å².